The van der Waals surface area contributed by atoms with Crippen molar-refractivity contribution in [1.29, 1.82) is 0 Å². The van der Waals surface area contributed by atoms with Crippen LogP contribution in [0.5, 0.6) is 0 Å². The van der Waals surface area contributed by atoms with Crippen LogP contribution in [0, 0.1) is 5.41 Å². The van der Waals surface area contributed by atoms with Gasteiger partial charge in [-0.2, -0.15) is 0 Å². The van der Waals surface area contributed by atoms with Crippen LogP contribution in [0.3, 0.4) is 0 Å². The van der Waals surface area contributed by atoms with Gasteiger partial charge in [0.05, 0.1) is 14.2 Å². The van der Waals surface area contributed by atoms with E-state index in [-0.39, 0.29) is 0 Å². The van der Waals surface area contributed by atoms with Crippen LogP contribution in [0.25, 0.3) is 0 Å². The first kappa shape index (κ1) is 16.2. The van der Waals surface area contributed by atoms with E-state index >= 15 is 0 Å². The Morgan fingerprint density at radius 3 is 2.12 bits per heavy atom. The van der Waals surface area contributed by atoms with Crippen molar-refractivity contribution in [3.8, 4) is 0 Å². The zero-order chi connectivity index (χ0) is 17.2. The molecule has 0 spiro atoms. The zero-order valence-corrected chi connectivity index (χ0v) is 13.8. The zero-order valence-electron chi connectivity index (χ0n) is 13.8. The van der Waals surface area contributed by atoms with Crippen LogP contribution in [0.4, 0.5) is 0 Å². The van der Waals surface area contributed by atoms with Gasteiger partial charge in [0.15, 0.2) is 5.41 Å². The van der Waals surface area contributed by atoms with Gasteiger partial charge in [0, 0.05) is 5.92 Å². The minimum Gasteiger partial charge on any atom is -0.468 e. The minimum atomic E-state index is -1.36. The fourth-order valence-electron chi connectivity index (χ4n) is 3.78. The molecule has 1 aliphatic rings. The van der Waals surface area contributed by atoms with E-state index in [0.29, 0.717) is 12.8 Å². The maximum atomic E-state index is 12.8. The van der Waals surface area contributed by atoms with Gasteiger partial charge in [-0.15, -0.1) is 0 Å². The number of methoxy groups -OCH3 is 2. The van der Waals surface area contributed by atoms with E-state index in [1.807, 2.05) is 54.6 Å². The number of esters is 2. The summed E-state index contributed by atoms with van der Waals surface area (Å²) in [5.41, 5.74) is 1.67. The van der Waals surface area contributed by atoms with Gasteiger partial charge in [0.1, 0.15) is 0 Å². The second-order valence-corrected chi connectivity index (χ2v) is 6.00. The molecule has 24 heavy (non-hydrogen) atoms. The third kappa shape index (κ3) is 2.39. The van der Waals surface area contributed by atoms with Gasteiger partial charge in [-0.3, -0.25) is 9.59 Å². The Hall–Kier alpha value is -2.62. The molecule has 4 heteroatoms. The highest BCUT2D eigenvalue weighted by Gasteiger charge is 2.57. The van der Waals surface area contributed by atoms with Crippen molar-refractivity contribution >= 4 is 11.9 Å². The van der Waals surface area contributed by atoms with Crippen LogP contribution in [-0.4, -0.2) is 26.2 Å². The monoisotopic (exact) mass is 324 g/mol. The molecule has 0 aromatic heterocycles. The van der Waals surface area contributed by atoms with Crippen molar-refractivity contribution in [3.05, 3.63) is 71.3 Å². The molecule has 0 bridgehead atoms. The van der Waals surface area contributed by atoms with Gasteiger partial charge in [0.2, 0.25) is 0 Å². The first-order valence-electron chi connectivity index (χ1n) is 7.94. The standard InChI is InChI=1S/C20H20O4/c1-23-18(21)20(19(22)24-2)13-12-14-8-6-7-11-16(14)17(20)15-9-4-3-5-10-15/h3-11,17H,12-13H2,1-2H3. The molecule has 0 heterocycles. The lowest BCUT2D eigenvalue weighted by atomic mass is 9.61. The Bertz CT molecular complexity index is 735. The topological polar surface area (TPSA) is 52.6 Å². The maximum Gasteiger partial charge on any atom is 0.324 e. The number of aryl methyl sites for hydroxylation is 1. The van der Waals surface area contributed by atoms with Gasteiger partial charge >= 0.3 is 11.9 Å². The summed E-state index contributed by atoms with van der Waals surface area (Å²) in [5.74, 6) is -1.51. The lowest BCUT2D eigenvalue weighted by Gasteiger charge is -2.40. The Labute approximate surface area is 141 Å². The average molecular weight is 324 g/mol. The molecule has 2 aromatic carbocycles. The molecule has 0 aliphatic heterocycles. The Kier molecular flexibility index (Phi) is 4.38. The third-order valence-electron chi connectivity index (χ3n) is 4.88. The number of hydrogen-bond donors (Lipinski definition) is 0. The maximum absolute atomic E-state index is 12.8. The fraction of sp³-hybridized carbons (Fsp3) is 0.300. The lowest BCUT2D eigenvalue weighted by molar-refractivity contribution is -0.171. The van der Waals surface area contributed by atoms with Crippen LogP contribution in [0.1, 0.15) is 29.0 Å². The van der Waals surface area contributed by atoms with Crippen molar-refractivity contribution in [2.24, 2.45) is 5.41 Å². The summed E-state index contributed by atoms with van der Waals surface area (Å²) >= 11 is 0. The SMILES string of the molecule is COC(=O)C1(C(=O)OC)CCc2ccccc2C1c1ccccc1. The predicted molar refractivity (Wildman–Crippen MR) is 89.5 cm³/mol. The number of fused-ring (bicyclic) bond motifs is 1. The molecule has 1 atom stereocenters. The highest BCUT2D eigenvalue weighted by molar-refractivity contribution is 6.02. The highest BCUT2D eigenvalue weighted by Crippen LogP contribution is 2.50. The van der Waals surface area contributed by atoms with E-state index in [1.165, 1.54) is 14.2 Å². The molecule has 1 aliphatic carbocycles. The smallest absolute Gasteiger partial charge is 0.324 e. The van der Waals surface area contributed by atoms with Crippen molar-refractivity contribution in [2.45, 2.75) is 18.8 Å². The van der Waals surface area contributed by atoms with Crippen LogP contribution >= 0.6 is 0 Å². The molecule has 0 amide bonds. The number of benzene rings is 2. The molecule has 1 unspecified atom stereocenters. The van der Waals surface area contributed by atoms with Crippen molar-refractivity contribution < 1.29 is 19.1 Å². The van der Waals surface area contributed by atoms with Crippen molar-refractivity contribution in [3.63, 3.8) is 0 Å². The first-order valence-corrected chi connectivity index (χ1v) is 7.94. The van der Waals surface area contributed by atoms with Gasteiger partial charge in [-0.1, -0.05) is 54.6 Å². The van der Waals surface area contributed by atoms with Crippen molar-refractivity contribution in [2.75, 3.05) is 14.2 Å². The molecular formula is C20H20O4. The first-order chi connectivity index (χ1) is 11.6. The van der Waals surface area contributed by atoms with Gasteiger partial charge < -0.3 is 9.47 Å². The van der Waals surface area contributed by atoms with E-state index in [2.05, 4.69) is 0 Å². The Morgan fingerprint density at radius 2 is 1.50 bits per heavy atom. The molecule has 0 saturated carbocycles. The molecule has 0 N–H and O–H groups in total. The minimum absolute atomic E-state index is 0.364. The summed E-state index contributed by atoms with van der Waals surface area (Å²) < 4.78 is 10.1. The number of ether oxygens (including phenoxy) is 2. The number of carbonyl (C=O) groups is 2. The van der Waals surface area contributed by atoms with Crippen LogP contribution < -0.4 is 0 Å². The molecule has 2 aromatic rings. The number of hydrogen-bond acceptors (Lipinski definition) is 4. The van der Waals surface area contributed by atoms with Gasteiger partial charge in [-0.25, -0.2) is 0 Å². The fourth-order valence-corrected chi connectivity index (χ4v) is 3.78. The van der Waals surface area contributed by atoms with E-state index in [4.69, 9.17) is 9.47 Å². The van der Waals surface area contributed by atoms with Gasteiger partial charge in [-0.05, 0) is 29.5 Å². The summed E-state index contributed by atoms with van der Waals surface area (Å²) in [6.45, 7) is 0. The van der Waals surface area contributed by atoms with E-state index in [1.54, 1.807) is 0 Å². The summed E-state index contributed by atoms with van der Waals surface area (Å²) in [7, 11) is 2.63. The quantitative estimate of drug-likeness (QED) is 0.643. The summed E-state index contributed by atoms with van der Waals surface area (Å²) in [5, 5.41) is 0. The molecule has 4 nitrogen and oxygen atoms in total. The van der Waals surface area contributed by atoms with Crippen LogP contribution in [-0.2, 0) is 25.5 Å². The number of rotatable bonds is 3. The lowest BCUT2D eigenvalue weighted by Crippen LogP contribution is -2.49. The molecule has 124 valence electrons. The second kappa shape index (κ2) is 6.48. The van der Waals surface area contributed by atoms with E-state index in [0.717, 1.165) is 16.7 Å². The molecule has 0 radical (unpaired) electrons. The average Bonchev–Trinajstić information content (AvgIpc) is 2.66. The molecular weight excluding hydrogens is 304 g/mol. The molecule has 0 saturated heterocycles. The normalized spacial score (nSPS) is 18.3. The van der Waals surface area contributed by atoms with Crippen molar-refractivity contribution in [1.82, 2.24) is 0 Å². The summed E-state index contributed by atoms with van der Waals surface area (Å²) in [4.78, 5) is 25.5. The van der Waals surface area contributed by atoms with E-state index < -0.39 is 23.3 Å². The molecule has 0 fully saturated rings. The Morgan fingerprint density at radius 1 is 0.917 bits per heavy atom. The van der Waals surface area contributed by atoms with Gasteiger partial charge in [0.25, 0.3) is 0 Å². The summed E-state index contributed by atoms with van der Waals surface area (Å²) in [6, 6.07) is 17.5. The summed E-state index contributed by atoms with van der Waals surface area (Å²) in [6.07, 6.45) is 0.993. The highest BCUT2D eigenvalue weighted by atomic mass is 16.5. The predicted octanol–water partition coefficient (Wildman–Crippen LogP) is 3.10. The third-order valence-corrected chi connectivity index (χ3v) is 4.88. The van der Waals surface area contributed by atoms with E-state index in [9.17, 15) is 9.59 Å². The van der Waals surface area contributed by atoms with Crippen LogP contribution in [0.15, 0.2) is 54.6 Å². The second-order valence-electron chi connectivity index (χ2n) is 6.00. The van der Waals surface area contributed by atoms with Crippen LogP contribution in [0.2, 0.25) is 0 Å². The molecule has 3 rings (SSSR count). The Balaban J connectivity index is 2.28. The largest absolute Gasteiger partial charge is 0.468 e. The number of carbonyl (C=O) groups excluding carboxylic acids is 2.